The molecule has 0 atom stereocenters. The maximum atomic E-state index is 2.32. The van der Waals surface area contributed by atoms with Gasteiger partial charge in [0.05, 0.1) is 0 Å². The Hall–Kier alpha value is -4.10. The van der Waals surface area contributed by atoms with Gasteiger partial charge < -0.3 is 4.90 Å². The van der Waals surface area contributed by atoms with Crippen LogP contribution in [0.4, 0.5) is 17.1 Å². The number of rotatable bonds is 5. The van der Waals surface area contributed by atoms with Gasteiger partial charge in [0.1, 0.15) is 0 Å². The second kappa shape index (κ2) is 9.41. The number of hydrogen-bond acceptors (Lipinski definition) is 1. The summed E-state index contributed by atoms with van der Waals surface area (Å²) in [6.07, 6.45) is 0. The molecule has 1 heteroatoms. The fraction of sp³-hybridized carbons (Fsp3) is 0.0909. The molecule has 5 rings (SSSR count). The molecule has 0 aromatic heterocycles. The summed E-state index contributed by atoms with van der Waals surface area (Å²) in [6, 6.07) is 43.8. The Morgan fingerprint density at radius 3 is 1.12 bits per heavy atom. The van der Waals surface area contributed by atoms with Gasteiger partial charge in [0.2, 0.25) is 0 Å². The smallest absolute Gasteiger partial charge is 0.0462 e. The van der Waals surface area contributed by atoms with E-state index in [1.54, 1.807) is 0 Å². The lowest BCUT2D eigenvalue weighted by molar-refractivity contribution is 1.27. The van der Waals surface area contributed by atoms with Gasteiger partial charge in [-0.2, -0.15) is 0 Å². The van der Waals surface area contributed by atoms with Crippen molar-refractivity contribution in [2.45, 2.75) is 20.8 Å². The minimum atomic E-state index is 1.14. The van der Waals surface area contributed by atoms with E-state index in [-0.39, 0.29) is 0 Å². The Morgan fingerprint density at radius 2 is 0.735 bits per heavy atom. The molecule has 34 heavy (non-hydrogen) atoms. The fourth-order valence-electron chi connectivity index (χ4n) is 4.40. The van der Waals surface area contributed by atoms with Gasteiger partial charge in [0.15, 0.2) is 0 Å². The van der Waals surface area contributed by atoms with Crippen molar-refractivity contribution < 1.29 is 0 Å². The topological polar surface area (TPSA) is 3.24 Å². The van der Waals surface area contributed by atoms with Crippen LogP contribution in [0, 0.1) is 20.8 Å². The quantitative estimate of drug-likeness (QED) is 0.263. The molecule has 0 aliphatic heterocycles. The van der Waals surface area contributed by atoms with Gasteiger partial charge in [-0.1, -0.05) is 102 Å². The van der Waals surface area contributed by atoms with E-state index < -0.39 is 0 Å². The van der Waals surface area contributed by atoms with Gasteiger partial charge in [-0.05, 0) is 79.4 Å². The summed E-state index contributed by atoms with van der Waals surface area (Å²) in [5, 5.41) is 0. The predicted octanol–water partition coefficient (Wildman–Crippen LogP) is 9.42. The molecule has 0 bridgehead atoms. The first-order valence-electron chi connectivity index (χ1n) is 11.8. The van der Waals surface area contributed by atoms with Crippen LogP contribution < -0.4 is 4.90 Å². The van der Waals surface area contributed by atoms with Crippen molar-refractivity contribution in [3.05, 3.63) is 138 Å². The van der Waals surface area contributed by atoms with E-state index in [4.69, 9.17) is 0 Å². The average Bonchev–Trinajstić information content (AvgIpc) is 2.86. The van der Waals surface area contributed by atoms with Crippen molar-refractivity contribution >= 4 is 17.1 Å². The Bertz CT molecular complexity index is 1310. The Labute approximate surface area is 203 Å². The van der Waals surface area contributed by atoms with Crippen LogP contribution in [0.1, 0.15) is 16.7 Å². The second-order valence-corrected chi connectivity index (χ2v) is 9.00. The molecular formula is C33H29N. The third kappa shape index (κ3) is 4.65. The number of benzene rings is 5. The van der Waals surface area contributed by atoms with Crippen LogP contribution in [0.2, 0.25) is 0 Å². The number of hydrogen-bond donors (Lipinski definition) is 0. The van der Waals surface area contributed by atoms with E-state index in [0.717, 1.165) is 17.1 Å². The summed E-state index contributed by atoms with van der Waals surface area (Å²) in [5.74, 6) is 0. The second-order valence-electron chi connectivity index (χ2n) is 9.00. The largest absolute Gasteiger partial charge is 0.311 e. The predicted molar refractivity (Wildman–Crippen MR) is 146 cm³/mol. The van der Waals surface area contributed by atoms with Crippen LogP contribution in [0.5, 0.6) is 0 Å². The molecule has 0 amide bonds. The molecule has 5 aromatic carbocycles. The summed E-state index contributed by atoms with van der Waals surface area (Å²) in [6.45, 7) is 6.40. The van der Waals surface area contributed by atoms with E-state index in [1.165, 1.54) is 38.9 Å². The van der Waals surface area contributed by atoms with Crippen LogP contribution >= 0.6 is 0 Å². The molecule has 1 nitrogen and oxygen atoms in total. The summed E-state index contributed by atoms with van der Waals surface area (Å²) >= 11 is 0. The summed E-state index contributed by atoms with van der Waals surface area (Å²) < 4.78 is 0. The molecule has 0 spiro atoms. The number of anilines is 3. The highest BCUT2D eigenvalue weighted by molar-refractivity contribution is 5.80. The molecule has 5 aromatic rings. The zero-order valence-electron chi connectivity index (χ0n) is 20.0. The molecule has 0 fully saturated rings. The van der Waals surface area contributed by atoms with Gasteiger partial charge >= 0.3 is 0 Å². The minimum Gasteiger partial charge on any atom is -0.311 e. The van der Waals surface area contributed by atoms with Crippen molar-refractivity contribution in [2.75, 3.05) is 4.90 Å². The van der Waals surface area contributed by atoms with Crippen LogP contribution in [-0.4, -0.2) is 0 Å². The van der Waals surface area contributed by atoms with Crippen molar-refractivity contribution in [1.29, 1.82) is 0 Å². The van der Waals surface area contributed by atoms with Gasteiger partial charge in [-0.25, -0.2) is 0 Å². The zero-order chi connectivity index (χ0) is 23.5. The lowest BCUT2D eigenvalue weighted by Crippen LogP contribution is -2.09. The Balaban J connectivity index is 1.53. The van der Waals surface area contributed by atoms with Gasteiger partial charge in [-0.15, -0.1) is 0 Å². The van der Waals surface area contributed by atoms with Crippen molar-refractivity contribution in [3.8, 4) is 22.3 Å². The van der Waals surface area contributed by atoms with E-state index in [0.29, 0.717) is 0 Å². The number of nitrogens with zero attached hydrogens (tertiary/aromatic N) is 1. The van der Waals surface area contributed by atoms with E-state index in [1.807, 2.05) is 0 Å². The summed E-state index contributed by atoms with van der Waals surface area (Å²) in [5.41, 5.74) is 12.2. The standard InChI is InChI=1S/C33H29N/c1-24-10-16-31(17-11-24)34(32-18-12-27(13-19-32)29-8-4-6-25(2)22-29)33-20-14-28(15-21-33)30-9-5-7-26(3)23-30/h4-23H,1-3H3. The molecule has 0 aliphatic rings. The normalized spacial score (nSPS) is 10.8. The highest BCUT2D eigenvalue weighted by Crippen LogP contribution is 2.36. The monoisotopic (exact) mass is 439 g/mol. The van der Waals surface area contributed by atoms with Crippen molar-refractivity contribution in [2.24, 2.45) is 0 Å². The summed E-state index contributed by atoms with van der Waals surface area (Å²) in [7, 11) is 0. The van der Waals surface area contributed by atoms with Crippen LogP contribution in [0.3, 0.4) is 0 Å². The zero-order valence-corrected chi connectivity index (χ0v) is 20.0. The third-order valence-corrected chi connectivity index (χ3v) is 6.25. The van der Waals surface area contributed by atoms with Crippen molar-refractivity contribution in [1.82, 2.24) is 0 Å². The highest BCUT2D eigenvalue weighted by Gasteiger charge is 2.13. The van der Waals surface area contributed by atoms with Crippen LogP contribution in [0.15, 0.2) is 121 Å². The maximum Gasteiger partial charge on any atom is 0.0462 e. The molecule has 0 unspecified atom stereocenters. The first kappa shape index (κ1) is 21.7. The van der Waals surface area contributed by atoms with Gasteiger partial charge in [0, 0.05) is 17.1 Å². The Morgan fingerprint density at radius 1 is 0.353 bits per heavy atom. The molecule has 0 N–H and O–H groups in total. The molecule has 166 valence electrons. The van der Waals surface area contributed by atoms with Gasteiger partial charge in [-0.3, -0.25) is 0 Å². The first-order chi connectivity index (χ1) is 16.6. The minimum absolute atomic E-state index is 1.14. The molecule has 0 saturated carbocycles. The van der Waals surface area contributed by atoms with Gasteiger partial charge in [0.25, 0.3) is 0 Å². The van der Waals surface area contributed by atoms with Crippen LogP contribution in [-0.2, 0) is 0 Å². The summed E-state index contributed by atoms with van der Waals surface area (Å²) in [4.78, 5) is 2.32. The highest BCUT2D eigenvalue weighted by atomic mass is 15.1. The maximum absolute atomic E-state index is 2.32. The third-order valence-electron chi connectivity index (χ3n) is 6.25. The Kier molecular flexibility index (Phi) is 6.01. The molecule has 0 heterocycles. The molecular weight excluding hydrogens is 410 g/mol. The fourth-order valence-corrected chi connectivity index (χ4v) is 4.40. The average molecular weight is 440 g/mol. The lowest BCUT2D eigenvalue weighted by Gasteiger charge is -2.26. The molecule has 0 aliphatic carbocycles. The van der Waals surface area contributed by atoms with Crippen LogP contribution in [0.25, 0.3) is 22.3 Å². The lowest BCUT2D eigenvalue weighted by atomic mass is 10.0. The van der Waals surface area contributed by atoms with E-state index >= 15 is 0 Å². The molecule has 0 saturated heterocycles. The van der Waals surface area contributed by atoms with E-state index in [2.05, 4.69) is 147 Å². The first-order valence-corrected chi connectivity index (χ1v) is 11.8. The van der Waals surface area contributed by atoms with Crippen molar-refractivity contribution in [3.63, 3.8) is 0 Å². The molecule has 0 radical (unpaired) electrons. The van der Waals surface area contributed by atoms with E-state index in [9.17, 15) is 0 Å². The number of aryl methyl sites for hydroxylation is 3. The SMILES string of the molecule is Cc1ccc(N(c2ccc(-c3cccc(C)c3)cc2)c2ccc(-c3cccc(C)c3)cc2)cc1.